The number of aromatic nitrogens is 3. The lowest BCUT2D eigenvalue weighted by molar-refractivity contribution is -0.136. The predicted molar refractivity (Wildman–Crippen MR) is 155 cm³/mol. The number of fused-ring (bicyclic) bond motifs is 1. The first-order chi connectivity index (χ1) is 18.0. The van der Waals surface area contributed by atoms with Crippen LogP contribution in [-0.4, -0.2) is 44.4 Å². The van der Waals surface area contributed by atoms with E-state index in [0.717, 1.165) is 26.9 Å². The Morgan fingerprint density at radius 3 is 2.24 bits per heavy atom. The highest BCUT2D eigenvalue weighted by Crippen LogP contribution is 2.40. The second-order valence-electron chi connectivity index (χ2n) is 8.62. The summed E-state index contributed by atoms with van der Waals surface area (Å²) in [6.07, 6.45) is 0.796. The number of likely N-dealkylation sites (tertiary alicyclic amines) is 1. The lowest BCUT2D eigenvalue weighted by Gasteiger charge is -2.11. The topological polar surface area (TPSA) is 104 Å². The van der Waals surface area contributed by atoms with Gasteiger partial charge in [-0.3, -0.25) is 19.3 Å². The molecule has 3 heterocycles. The maximum absolute atomic E-state index is 12.7. The fourth-order valence-corrected chi connectivity index (χ4v) is 5.30. The van der Waals surface area contributed by atoms with Gasteiger partial charge in [0.15, 0.2) is 0 Å². The van der Waals surface area contributed by atoms with Crippen LogP contribution in [0, 0.1) is 6.92 Å². The number of imide groups is 1. The third-order valence-electron chi connectivity index (χ3n) is 6.31. The Hall–Kier alpha value is -3.09. The second-order valence-corrected chi connectivity index (χ2v) is 12.5. The highest BCUT2D eigenvalue weighted by Gasteiger charge is 2.24. The predicted octanol–water partition coefficient (Wildman–Crippen LogP) is 4.68. The van der Waals surface area contributed by atoms with E-state index in [1.807, 2.05) is 30.3 Å². The van der Waals surface area contributed by atoms with Gasteiger partial charge in [0.05, 0.1) is 26.9 Å². The molecule has 0 radical (unpaired) electrons. The number of rotatable bonds is 4. The van der Waals surface area contributed by atoms with E-state index in [1.54, 1.807) is 27.1 Å². The van der Waals surface area contributed by atoms with E-state index in [2.05, 4.69) is 36.2 Å². The number of amides is 2. The van der Waals surface area contributed by atoms with E-state index in [9.17, 15) is 19.2 Å². The molecule has 38 heavy (non-hydrogen) atoms. The number of ether oxygens (including phenoxy) is 1. The number of hydrogen-bond acceptors (Lipinski definition) is 7. The SMILES string of the molecule is CN1C(=O)CCC1=O.COc1cc(C(Br)Br)ccc1-c1nsc2ccc(-n3c(=O)cc(C)n(C)c3=O)cc12. The molecule has 1 fully saturated rings. The molecule has 0 spiro atoms. The van der Waals surface area contributed by atoms with Crippen molar-refractivity contribution in [3.8, 4) is 22.7 Å². The van der Waals surface area contributed by atoms with Crippen molar-refractivity contribution in [3.05, 3.63) is 74.6 Å². The fourth-order valence-electron chi connectivity index (χ4n) is 3.96. The zero-order chi connectivity index (χ0) is 27.7. The van der Waals surface area contributed by atoms with Gasteiger partial charge in [-0.1, -0.05) is 37.9 Å². The molecule has 0 atom stereocenters. The standard InChI is InChI=1S/C21H17Br2N3O3S.C5H7NO2/c1-11-8-18(27)26(21(28)25(11)2)13-5-7-17-15(10-13)19(24-30-17)14-6-4-12(20(22)23)9-16(14)29-3;1-6-4(7)2-3-5(6)8/h4-10,20H,1-3H3;2-3H2,1H3. The van der Waals surface area contributed by atoms with Gasteiger partial charge in [-0.05, 0) is 54.4 Å². The van der Waals surface area contributed by atoms with Gasteiger partial charge in [-0.25, -0.2) is 9.36 Å². The van der Waals surface area contributed by atoms with Crippen molar-refractivity contribution in [2.45, 2.75) is 23.5 Å². The van der Waals surface area contributed by atoms with Crippen molar-refractivity contribution in [2.75, 3.05) is 14.2 Å². The molecule has 1 saturated heterocycles. The zero-order valence-corrected chi connectivity index (χ0v) is 25.0. The molecule has 1 aliphatic heterocycles. The molecular weight excluding hydrogens is 640 g/mol. The van der Waals surface area contributed by atoms with Crippen LogP contribution in [0.5, 0.6) is 5.75 Å². The van der Waals surface area contributed by atoms with Gasteiger partial charge >= 0.3 is 5.69 Å². The van der Waals surface area contributed by atoms with Gasteiger partial charge < -0.3 is 9.30 Å². The highest BCUT2D eigenvalue weighted by atomic mass is 79.9. The molecule has 9 nitrogen and oxygen atoms in total. The summed E-state index contributed by atoms with van der Waals surface area (Å²) in [6.45, 7) is 1.73. The molecule has 1 aliphatic rings. The van der Waals surface area contributed by atoms with Crippen LogP contribution >= 0.6 is 43.4 Å². The molecule has 4 aromatic rings. The van der Waals surface area contributed by atoms with E-state index < -0.39 is 0 Å². The van der Waals surface area contributed by atoms with Crippen LogP contribution in [0.3, 0.4) is 0 Å². The summed E-state index contributed by atoms with van der Waals surface area (Å²) < 4.78 is 13.8. The van der Waals surface area contributed by atoms with Gasteiger partial charge in [0.25, 0.3) is 5.56 Å². The number of nitrogens with zero attached hydrogens (tertiary/aromatic N) is 4. The minimum Gasteiger partial charge on any atom is -0.496 e. The first-order valence-corrected chi connectivity index (χ1v) is 14.1. The van der Waals surface area contributed by atoms with E-state index in [4.69, 9.17) is 4.74 Å². The van der Waals surface area contributed by atoms with Crippen LogP contribution in [0.1, 0.15) is 27.8 Å². The summed E-state index contributed by atoms with van der Waals surface area (Å²) >= 11 is 8.37. The highest BCUT2D eigenvalue weighted by molar-refractivity contribution is 9.24. The number of benzene rings is 2. The lowest BCUT2D eigenvalue weighted by Crippen LogP contribution is -2.38. The Morgan fingerprint density at radius 2 is 1.66 bits per heavy atom. The molecule has 0 N–H and O–H groups in total. The van der Waals surface area contributed by atoms with Gasteiger partial charge in [-0.15, -0.1) is 0 Å². The summed E-state index contributed by atoms with van der Waals surface area (Å²) in [5, 5.41) is 0.854. The van der Waals surface area contributed by atoms with Crippen LogP contribution < -0.4 is 16.0 Å². The van der Waals surface area contributed by atoms with Crippen LogP contribution in [-0.2, 0) is 16.6 Å². The molecule has 0 unspecified atom stereocenters. The second kappa shape index (κ2) is 11.3. The summed E-state index contributed by atoms with van der Waals surface area (Å²) in [5.74, 6) is 0.572. The Bertz CT molecular complexity index is 1660. The van der Waals surface area contributed by atoms with Crippen molar-refractivity contribution in [1.82, 2.24) is 18.4 Å². The molecule has 2 aromatic heterocycles. The summed E-state index contributed by atoms with van der Waals surface area (Å²) in [7, 11) is 4.78. The van der Waals surface area contributed by atoms with Gasteiger partial charge in [-0.2, -0.15) is 4.37 Å². The molecule has 2 aromatic carbocycles. The lowest BCUT2D eigenvalue weighted by atomic mass is 10.0. The van der Waals surface area contributed by atoms with E-state index in [1.165, 1.54) is 38.7 Å². The first kappa shape index (κ1) is 27.9. The third-order valence-corrected chi connectivity index (χ3v) is 8.19. The van der Waals surface area contributed by atoms with Crippen LogP contribution in [0.2, 0.25) is 0 Å². The largest absolute Gasteiger partial charge is 0.496 e. The van der Waals surface area contributed by atoms with E-state index in [0.29, 0.717) is 30.0 Å². The monoisotopic (exact) mass is 662 g/mol. The number of hydrogen-bond donors (Lipinski definition) is 0. The maximum Gasteiger partial charge on any atom is 0.335 e. The number of carbonyl (C=O) groups is 2. The normalized spacial score (nSPS) is 13.3. The zero-order valence-electron chi connectivity index (χ0n) is 21.0. The first-order valence-electron chi connectivity index (χ1n) is 11.5. The summed E-state index contributed by atoms with van der Waals surface area (Å²) in [6, 6.07) is 12.8. The molecule has 2 amide bonds. The Balaban J connectivity index is 0.000000360. The number of halogens is 2. The minimum absolute atomic E-state index is 0.0105. The van der Waals surface area contributed by atoms with Crippen molar-refractivity contribution >= 4 is 65.3 Å². The molecule has 0 bridgehead atoms. The van der Waals surface area contributed by atoms with E-state index >= 15 is 0 Å². The summed E-state index contributed by atoms with van der Waals surface area (Å²) in [5.41, 5.74) is 2.99. The number of carbonyl (C=O) groups excluding carboxylic acids is 2. The number of aryl methyl sites for hydroxylation is 1. The summed E-state index contributed by atoms with van der Waals surface area (Å²) in [4.78, 5) is 47.4. The number of alkyl halides is 2. The van der Waals surface area contributed by atoms with Crippen LogP contribution in [0.25, 0.3) is 27.0 Å². The quantitative estimate of drug-likeness (QED) is 0.232. The molecule has 12 heteroatoms. The Morgan fingerprint density at radius 1 is 0.974 bits per heavy atom. The fraction of sp³-hybridized carbons (Fsp3) is 0.269. The Labute approximate surface area is 239 Å². The Kier molecular flexibility index (Phi) is 8.34. The van der Waals surface area contributed by atoms with E-state index in [-0.39, 0.29) is 26.8 Å². The van der Waals surface area contributed by atoms with Crippen LogP contribution in [0.15, 0.2) is 52.1 Å². The van der Waals surface area contributed by atoms with Gasteiger partial charge in [0, 0.05) is 49.6 Å². The van der Waals surface area contributed by atoms with Crippen LogP contribution in [0.4, 0.5) is 0 Å². The van der Waals surface area contributed by atoms with Crippen molar-refractivity contribution in [1.29, 1.82) is 0 Å². The molecule has 198 valence electrons. The molecule has 0 aliphatic carbocycles. The smallest absolute Gasteiger partial charge is 0.335 e. The van der Waals surface area contributed by atoms with Crippen molar-refractivity contribution in [2.24, 2.45) is 7.05 Å². The van der Waals surface area contributed by atoms with Gasteiger partial charge in [0.1, 0.15) is 5.75 Å². The average Bonchev–Trinajstić information content (AvgIpc) is 3.45. The molecule has 0 saturated carbocycles. The molecule has 5 rings (SSSR count). The van der Waals surface area contributed by atoms with Crippen molar-refractivity contribution < 1.29 is 14.3 Å². The molecular formula is C26H24Br2N4O5S. The van der Waals surface area contributed by atoms with Gasteiger partial charge in [0.2, 0.25) is 11.8 Å². The minimum atomic E-state index is -0.383. The maximum atomic E-state index is 12.7. The third kappa shape index (κ3) is 5.38. The van der Waals surface area contributed by atoms with Crippen molar-refractivity contribution in [3.63, 3.8) is 0 Å². The average molecular weight is 664 g/mol. The number of methoxy groups -OCH3 is 1.